The van der Waals surface area contributed by atoms with Gasteiger partial charge in [-0.25, -0.2) is 4.79 Å². The van der Waals surface area contributed by atoms with Crippen molar-refractivity contribution in [3.8, 4) is 0 Å². The van der Waals surface area contributed by atoms with Crippen LogP contribution in [0, 0.1) is 0 Å². The van der Waals surface area contributed by atoms with Gasteiger partial charge in [0.05, 0.1) is 33.0 Å². The van der Waals surface area contributed by atoms with E-state index in [0.717, 1.165) is 4.90 Å². The van der Waals surface area contributed by atoms with Gasteiger partial charge in [-0.15, -0.1) is 0 Å². The fourth-order valence-electron chi connectivity index (χ4n) is 2.22. The normalized spacial score (nSPS) is 12.6. The van der Waals surface area contributed by atoms with Crippen LogP contribution < -0.4 is 10.6 Å². The van der Waals surface area contributed by atoms with Gasteiger partial charge in [0.25, 0.3) is 11.8 Å². The molecule has 1 rings (SSSR count). The van der Waals surface area contributed by atoms with E-state index in [-0.39, 0.29) is 44.7 Å². The first-order valence-electron chi connectivity index (χ1n) is 9.40. The van der Waals surface area contributed by atoms with Crippen molar-refractivity contribution in [3.63, 3.8) is 0 Å². The van der Waals surface area contributed by atoms with Crippen molar-refractivity contribution >= 4 is 23.8 Å². The molecule has 0 aromatic rings. The van der Waals surface area contributed by atoms with Crippen LogP contribution in [0.1, 0.15) is 20.3 Å². The highest BCUT2D eigenvalue weighted by atomic mass is 16.6. The number of carbonyl (C=O) groups is 4. The number of hydrogen-bond donors (Lipinski definition) is 2. The molecule has 30 heavy (non-hydrogen) atoms. The van der Waals surface area contributed by atoms with Crippen LogP contribution in [0.3, 0.4) is 0 Å². The largest absolute Gasteiger partial charge is 0.447 e. The Morgan fingerprint density at radius 2 is 1.50 bits per heavy atom. The molecule has 0 atom stereocenters. The first-order chi connectivity index (χ1) is 14.0. The van der Waals surface area contributed by atoms with Gasteiger partial charge in [0, 0.05) is 45.3 Å². The van der Waals surface area contributed by atoms with Gasteiger partial charge < -0.3 is 29.6 Å². The van der Waals surface area contributed by atoms with E-state index in [1.165, 1.54) is 19.3 Å². The fraction of sp³-hybridized carbons (Fsp3) is 0.684. The second-order valence-electron chi connectivity index (χ2n) is 5.90. The number of alkyl carbamates (subject to hydrolysis) is 1. The van der Waals surface area contributed by atoms with Crippen LogP contribution in [0.25, 0.3) is 0 Å². The SMILES string of the molecule is C.COCCOC(=O)NCCOCCOCCNC(=O)CCCN1C(=O)C=CC1=O. The first-order valence-corrected chi connectivity index (χ1v) is 9.40. The summed E-state index contributed by atoms with van der Waals surface area (Å²) in [6, 6.07) is 0. The van der Waals surface area contributed by atoms with E-state index in [9.17, 15) is 19.2 Å². The molecule has 11 heteroatoms. The van der Waals surface area contributed by atoms with Crippen molar-refractivity contribution in [2.24, 2.45) is 0 Å². The summed E-state index contributed by atoms with van der Waals surface area (Å²) in [5.41, 5.74) is 0. The quantitative estimate of drug-likeness (QED) is 0.255. The Morgan fingerprint density at radius 3 is 2.10 bits per heavy atom. The van der Waals surface area contributed by atoms with E-state index >= 15 is 0 Å². The Morgan fingerprint density at radius 1 is 0.900 bits per heavy atom. The summed E-state index contributed by atoms with van der Waals surface area (Å²) in [4.78, 5) is 46.7. The summed E-state index contributed by atoms with van der Waals surface area (Å²) < 4.78 is 20.2. The van der Waals surface area contributed by atoms with E-state index in [1.807, 2.05) is 0 Å². The average Bonchev–Trinajstić information content (AvgIpc) is 3.01. The average molecular weight is 431 g/mol. The fourth-order valence-corrected chi connectivity index (χ4v) is 2.22. The molecule has 0 aliphatic carbocycles. The third kappa shape index (κ3) is 12.9. The van der Waals surface area contributed by atoms with Crippen molar-refractivity contribution in [2.45, 2.75) is 20.3 Å². The van der Waals surface area contributed by atoms with Gasteiger partial charge in [0.1, 0.15) is 6.61 Å². The summed E-state index contributed by atoms with van der Waals surface area (Å²) in [5.74, 6) is -0.854. The topological polar surface area (TPSA) is 132 Å². The van der Waals surface area contributed by atoms with E-state index in [4.69, 9.17) is 18.9 Å². The smallest absolute Gasteiger partial charge is 0.407 e. The number of imide groups is 1. The summed E-state index contributed by atoms with van der Waals surface area (Å²) in [6.45, 7) is 2.85. The van der Waals surface area contributed by atoms with Crippen molar-refractivity contribution in [1.82, 2.24) is 15.5 Å². The van der Waals surface area contributed by atoms with Crippen LogP contribution in [-0.2, 0) is 33.3 Å². The van der Waals surface area contributed by atoms with Gasteiger partial charge in [-0.05, 0) is 6.42 Å². The van der Waals surface area contributed by atoms with Gasteiger partial charge in [0.2, 0.25) is 5.91 Å². The lowest BCUT2D eigenvalue weighted by Crippen LogP contribution is -2.32. The Balaban J connectivity index is 0.00000841. The zero-order valence-corrected chi connectivity index (χ0v) is 16.6. The molecule has 1 aliphatic rings. The molecule has 0 spiro atoms. The lowest BCUT2D eigenvalue weighted by Gasteiger charge is -2.13. The molecular formula is C19H33N3O8. The minimum atomic E-state index is -0.520. The first kappa shape index (κ1) is 27.5. The van der Waals surface area contributed by atoms with Crippen molar-refractivity contribution in [1.29, 1.82) is 0 Å². The maximum Gasteiger partial charge on any atom is 0.407 e. The predicted molar refractivity (Wildman–Crippen MR) is 108 cm³/mol. The maximum atomic E-state index is 11.7. The number of nitrogens with one attached hydrogen (secondary N) is 2. The Labute approximate surface area is 177 Å². The minimum absolute atomic E-state index is 0. The number of rotatable bonds is 16. The Hall–Kier alpha value is -2.50. The molecule has 0 aromatic carbocycles. The van der Waals surface area contributed by atoms with Crippen LogP contribution in [0.5, 0.6) is 0 Å². The third-order valence-corrected chi connectivity index (χ3v) is 3.66. The van der Waals surface area contributed by atoms with Gasteiger partial charge in [-0.1, -0.05) is 7.43 Å². The number of hydrogen-bond acceptors (Lipinski definition) is 8. The summed E-state index contributed by atoms with van der Waals surface area (Å²) in [6.07, 6.45) is 2.55. The molecule has 0 aromatic heterocycles. The van der Waals surface area contributed by atoms with Crippen LogP contribution in [0.4, 0.5) is 4.79 Å². The highest BCUT2D eigenvalue weighted by molar-refractivity contribution is 6.12. The standard InChI is InChI=1S/C18H29N3O8.CH4/c1-26-11-14-29-18(25)20-7-10-28-13-12-27-9-6-19-15(22)3-2-8-21-16(23)4-5-17(21)24;/h4-5H,2-3,6-14H2,1H3,(H,19,22)(H,20,25);1H4. The second-order valence-corrected chi connectivity index (χ2v) is 5.90. The number of ether oxygens (including phenoxy) is 4. The van der Waals surface area contributed by atoms with Crippen molar-refractivity contribution in [3.05, 3.63) is 12.2 Å². The summed E-state index contributed by atoms with van der Waals surface area (Å²) in [7, 11) is 1.52. The number of methoxy groups -OCH3 is 1. The molecule has 11 nitrogen and oxygen atoms in total. The van der Waals surface area contributed by atoms with Crippen LogP contribution in [-0.4, -0.2) is 95.1 Å². The molecule has 0 radical (unpaired) electrons. The zero-order valence-electron chi connectivity index (χ0n) is 16.6. The number of amides is 4. The molecule has 0 bridgehead atoms. The molecule has 2 N–H and O–H groups in total. The lowest BCUT2D eigenvalue weighted by atomic mass is 10.3. The Bertz CT molecular complexity index is 550. The highest BCUT2D eigenvalue weighted by Gasteiger charge is 2.22. The van der Waals surface area contributed by atoms with Gasteiger partial charge in [0.15, 0.2) is 0 Å². The second kappa shape index (κ2) is 17.4. The minimum Gasteiger partial charge on any atom is -0.447 e. The van der Waals surface area contributed by atoms with E-state index in [0.29, 0.717) is 52.5 Å². The predicted octanol–water partition coefficient (Wildman–Crippen LogP) is -0.150. The molecule has 0 unspecified atom stereocenters. The zero-order chi connectivity index (χ0) is 21.3. The molecule has 0 saturated carbocycles. The monoisotopic (exact) mass is 431 g/mol. The van der Waals surface area contributed by atoms with Gasteiger partial charge in [-0.2, -0.15) is 0 Å². The van der Waals surface area contributed by atoms with E-state index in [1.54, 1.807) is 0 Å². The van der Waals surface area contributed by atoms with Gasteiger partial charge in [-0.3, -0.25) is 19.3 Å². The van der Waals surface area contributed by atoms with E-state index < -0.39 is 6.09 Å². The molecule has 172 valence electrons. The van der Waals surface area contributed by atoms with Crippen LogP contribution in [0.2, 0.25) is 0 Å². The van der Waals surface area contributed by atoms with E-state index in [2.05, 4.69) is 10.6 Å². The summed E-state index contributed by atoms with van der Waals surface area (Å²) >= 11 is 0. The van der Waals surface area contributed by atoms with Crippen molar-refractivity contribution < 1.29 is 38.1 Å². The van der Waals surface area contributed by atoms with Crippen LogP contribution in [0.15, 0.2) is 12.2 Å². The number of carbonyl (C=O) groups excluding carboxylic acids is 4. The molecule has 1 heterocycles. The summed E-state index contributed by atoms with van der Waals surface area (Å²) in [5, 5.41) is 5.23. The van der Waals surface area contributed by atoms with Crippen molar-refractivity contribution in [2.75, 3.05) is 66.4 Å². The van der Waals surface area contributed by atoms with Crippen LogP contribution >= 0.6 is 0 Å². The van der Waals surface area contributed by atoms with Gasteiger partial charge >= 0.3 is 6.09 Å². The highest BCUT2D eigenvalue weighted by Crippen LogP contribution is 2.05. The lowest BCUT2D eigenvalue weighted by molar-refractivity contribution is -0.137. The molecule has 1 aliphatic heterocycles. The third-order valence-electron chi connectivity index (χ3n) is 3.66. The molecule has 4 amide bonds. The maximum absolute atomic E-state index is 11.7. The molecular weight excluding hydrogens is 398 g/mol. The number of nitrogens with zero attached hydrogens (tertiary/aromatic N) is 1. The molecule has 0 fully saturated rings. The molecule has 0 saturated heterocycles. The Kier molecular flexibility index (Phi) is 15.9.